The van der Waals surface area contributed by atoms with Gasteiger partial charge in [-0.2, -0.15) is 0 Å². The molecule has 0 saturated carbocycles. The van der Waals surface area contributed by atoms with E-state index in [2.05, 4.69) is 63.8 Å². The molecule has 0 heterocycles. The molecule has 1 N–H and O–H groups in total. The predicted octanol–water partition coefficient (Wildman–Crippen LogP) is 2.71. The number of rotatable bonds is 8. The second-order valence-electron chi connectivity index (χ2n) is 6.15. The lowest BCUT2D eigenvalue weighted by Crippen LogP contribution is -2.48. The molecule has 0 radical (unpaired) electrons. The van der Waals surface area contributed by atoms with Crippen LogP contribution in [-0.2, 0) is 0 Å². The highest BCUT2D eigenvalue weighted by Crippen LogP contribution is 2.37. The topological polar surface area (TPSA) is 20.2 Å². The van der Waals surface area contributed by atoms with Crippen LogP contribution in [0.5, 0.6) is 0 Å². The standard InChI is InChI=1S/C13H28OSi3/c1-8-17(9-2,10-3)12-15-13(4,5)16(6,7)11-14/h8-10,14H,1-3,11-12,15H2,4-7H3. The van der Waals surface area contributed by atoms with Crippen LogP contribution in [0.3, 0.4) is 0 Å². The first kappa shape index (κ1) is 16.8. The summed E-state index contributed by atoms with van der Waals surface area (Å²) in [7, 11) is -3.39. The van der Waals surface area contributed by atoms with Crippen LogP contribution in [0.2, 0.25) is 23.4 Å². The number of aliphatic hydroxyl groups is 1. The molecule has 98 valence electrons. The van der Waals surface area contributed by atoms with Crippen molar-refractivity contribution in [3.63, 3.8) is 0 Å². The molecule has 0 aromatic heterocycles. The molecule has 1 nitrogen and oxygen atoms in total. The Morgan fingerprint density at radius 1 is 1.12 bits per heavy atom. The van der Waals surface area contributed by atoms with E-state index in [1.807, 2.05) is 0 Å². The molecule has 0 aliphatic heterocycles. The molecule has 0 saturated heterocycles. The fourth-order valence-electron chi connectivity index (χ4n) is 1.64. The van der Waals surface area contributed by atoms with Crippen molar-refractivity contribution in [3.8, 4) is 0 Å². The van der Waals surface area contributed by atoms with Crippen molar-refractivity contribution >= 4 is 25.7 Å². The molecule has 0 amide bonds. The van der Waals surface area contributed by atoms with E-state index in [-0.39, 0.29) is 9.52 Å². The van der Waals surface area contributed by atoms with Crippen molar-refractivity contribution < 1.29 is 5.11 Å². The summed E-state index contributed by atoms with van der Waals surface area (Å²) < 4.78 is 0.370. The van der Waals surface area contributed by atoms with E-state index in [1.54, 1.807) is 0 Å². The molecule has 0 spiro atoms. The Balaban J connectivity index is 4.81. The summed E-state index contributed by atoms with van der Waals surface area (Å²) in [6, 6.07) is 0. The third-order valence-corrected chi connectivity index (χ3v) is 20.6. The number of hydrogen-bond acceptors (Lipinski definition) is 1. The van der Waals surface area contributed by atoms with Gasteiger partial charge in [0.1, 0.15) is 8.07 Å². The summed E-state index contributed by atoms with van der Waals surface area (Å²) in [5.41, 5.74) is 7.50. The molecule has 4 heteroatoms. The van der Waals surface area contributed by atoms with Crippen molar-refractivity contribution in [2.45, 2.75) is 37.3 Å². The molecule has 0 atom stereocenters. The quantitative estimate of drug-likeness (QED) is 0.680. The molecule has 0 bridgehead atoms. The van der Waals surface area contributed by atoms with Gasteiger partial charge in [0.05, 0.1) is 8.07 Å². The molecule has 17 heavy (non-hydrogen) atoms. The highest BCUT2D eigenvalue weighted by atomic mass is 28.4. The van der Waals surface area contributed by atoms with Crippen molar-refractivity contribution in [1.29, 1.82) is 0 Å². The first-order valence-corrected chi connectivity index (χ1v) is 13.6. The molecule has 0 rings (SSSR count). The molecule has 0 unspecified atom stereocenters. The van der Waals surface area contributed by atoms with Crippen LogP contribution in [0.4, 0.5) is 0 Å². The molecule has 0 aromatic rings. The van der Waals surface area contributed by atoms with Gasteiger partial charge >= 0.3 is 0 Å². The van der Waals surface area contributed by atoms with Crippen LogP contribution in [0.25, 0.3) is 0 Å². The van der Waals surface area contributed by atoms with Gasteiger partial charge in [0, 0.05) is 15.7 Å². The maximum Gasteiger partial charge on any atom is 0.121 e. The minimum Gasteiger partial charge on any atom is -0.400 e. The zero-order valence-electron chi connectivity index (χ0n) is 11.9. The van der Waals surface area contributed by atoms with E-state index in [9.17, 15) is 5.11 Å². The summed E-state index contributed by atoms with van der Waals surface area (Å²) in [5, 5.41) is 9.57. The largest absolute Gasteiger partial charge is 0.400 e. The maximum atomic E-state index is 9.57. The smallest absolute Gasteiger partial charge is 0.121 e. The summed E-state index contributed by atoms with van der Waals surface area (Å²) in [6.07, 6.45) is 0.387. The molecule has 0 aliphatic rings. The normalized spacial score (nSPS) is 13.9. The molecule has 0 aliphatic carbocycles. The van der Waals surface area contributed by atoms with Crippen LogP contribution in [0, 0.1) is 0 Å². The monoisotopic (exact) mass is 284 g/mol. The maximum absolute atomic E-state index is 9.57. The Kier molecular flexibility index (Phi) is 6.07. The van der Waals surface area contributed by atoms with Crippen LogP contribution in [0.15, 0.2) is 36.8 Å². The van der Waals surface area contributed by atoms with Gasteiger partial charge < -0.3 is 5.11 Å². The van der Waals surface area contributed by atoms with Gasteiger partial charge in [-0.25, -0.2) is 0 Å². The predicted molar refractivity (Wildman–Crippen MR) is 88.3 cm³/mol. The fourth-order valence-corrected chi connectivity index (χ4v) is 13.4. The Hall–Kier alpha value is -0.169. The summed E-state index contributed by atoms with van der Waals surface area (Å²) >= 11 is 0. The molecule has 0 aromatic carbocycles. The van der Waals surface area contributed by atoms with Crippen molar-refractivity contribution in [2.75, 3.05) is 6.23 Å². The van der Waals surface area contributed by atoms with E-state index in [0.29, 0.717) is 10.9 Å². The fraction of sp³-hybridized carbons (Fsp3) is 0.538. The third kappa shape index (κ3) is 3.91. The van der Waals surface area contributed by atoms with Gasteiger partial charge in [-0.05, 0) is 4.66 Å². The Bertz CT molecular complexity index is 273. The molecular weight excluding hydrogens is 256 g/mol. The van der Waals surface area contributed by atoms with Crippen molar-refractivity contribution in [3.05, 3.63) is 36.8 Å². The lowest BCUT2D eigenvalue weighted by atomic mass is 10.5. The lowest BCUT2D eigenvalue weighted by Gasteiger charge is -2.40. The second-order valence-corrected chi connectivity index (χ2v) is 20.0. The van der Waals surface area contributed by atoms with E-state index in [4.69, 9.17) is 0 Å². The summed E-state index contributed by atoms with van der Waals surface area (Å²) in [4.78, 5) is 0. The first-order valence-electron chi connectivity index (χ1n) is 6.22. The average molecular weight is 285 g/mol. The average Bonchev–Trinajstić information content (AvgIpc) is 2.31. The summed E-state index contributed by atoms with van der Waals surface area (Å²) in [6.45, 7) is 21.2. The van der Waals surface area contributed by atoms with Crippen LogP contribution < -0.4 is 0 Å². The lowest BCUT2D eigenvalue weighted by molar-refractivity contribution is 0.354. The van der Waals surface area contributed by atoms with E-state index in [0.717, 1.165) is 0 Å². The van der Waals surface area contributed by atoms with Gasteiger partial charge in [0.2, 0.25) is 0 Å². The minimum atomic E-state index is -1.62. The van der Waals surface area contributed by atoms with Crippen LogP contribution in [-0.4, -0.2) is 37.0 Å². The van der Waals surface area contributed by atoms with Gasteiger partial charge in [0.25, 0.3) is 0 Å². The zero-order valence-corrected chi connectivity index (χ0v) is 15.3. The number of aliphatic hydroxyl groups excluding tert-OH is 1. The van der Waals surface area contributed by atoms with E-state index in [1.165, 1.54) is 5.67 Å². The molecule has 0 fully saturated rings. The number of hydrogen-bond donors (Lipinski definition) is 1. The minimum absolute atomic E-state index is 0.263. The van der Waals surface area contributed by atoms with Crippen molar-refractivity contribution in [2.24, 2.45) is 0 Å². The SMILES string of the molecule is C=C[Si](C=C)(C=C)C[SiH2]C(C)(C)[Si](C)(C)CO. The summed E-state index contributed by atoms with van der Waals surface area (Å²) in [5.74, 6) is 0. The highest BCUT2D eigenvalue weighted by molar-refractivity contribution is 7.00. The Labute approximate surface area is 111 Å². The van der Waals surface area contributed by atoms with Crippen LogP contribution >= 0.6 is 0 Å². The highest BCUT2D eigenvalue weighted by Gasteiger charge is 2.39. The second kappa shape index (κ2) is 6.13. The Morgan fingerprint density at radius 2 is 1.53 bits per heavy atom. The third-order valence-electron chi connectivity index (χ3n) is 4.55. The first-order chi connectivity index (χ1) is 7.70. The van der Waals surface area contributed by atoms with E-state index < -0.39 is 16.1 Å². The van der Waals surface area contributed by atoms with Gasteiger partial charge in [-0.1, -0.05) is 49.7 Å². The van der Waals surface area contributed by atoms with Crippen molar-refractivity contribution in [1.82, 2.24) is 0 Å². The molecular formula is C13H28OSi3. The zero-order chi connectivity index (χ0) is 13.7. The van der Waals surface area contributed by atoms with E-state index >= 15 is 0 Å². The van der Waals surface area contributed by atoms with Gasteiger partial charge in [0.15, 0.2) is 0 Å². The van der Waals surface area contributed by atoms with Crippen LogP contribution in [0.1, 0.15) is 13.8 Å². The van der Waals surface area contributed by atoms with Gasteiger partial charge in [-0.15, -0.1) is 19.7 Å². The van der Waals surface area contributed by atoms with Gasteiger partial charge in [-0.3, -0.25) is 0 Å². The Morgan fingerprint density at radius 3 is 1.82 bits per heavy atom.